The fraction of sp³-hybridized carbons (Fsp3) is 0.0385. The molecule has 4 aromatic rings. The molecular weight excluding hydrogens is 443 g/mol. The van der Waals surface area contributed by atoms with Gasteiger partial charge < -0.3 is 5.21 Å². The molecule has 160 valence electrons. The van der Waals surface area contributed by atoms with Crippen LogP contribution in [0.2, 0.25) is 10.0 Å². The van der Waals surface area contributed by atoms with Crippen LogP contribution >= 0.6 is 23.2 Å². The minimum absolute atomic E-state index is 0.0275. The molecule has 1 unspecified atom stereocenters. The number of hydroxylamine groups is 1. The van der Waals surface area contributed by atoms with Crippen LogP contribution in [0.1, 0.15) is 17.4 Å². The van der Waals surface area contributed by atoms with E-state index >= 15 is 0 Å². The average Bonchev–Trinajstić information content (AvgIpc) is 3.64. The Morgan fingerprint density at radius 3 is 1.84 bits per heavy atom. The molecule has 1 fully saturated rings. The van der Waals surface area contributed by atoms with E-state index in [1.54, 1.807) is 36.4 Å². The van der Waals surface area contributed by atoms with Crippen molar-refractivity contribution < 1.29 is 9.58 Å². The fourth-order valence-corrected chi connectivity index (χ4v) is 3.26. The third-order valence-electron chi connectivity index (χ3n) is 4.69. The van der Waals surface area contributed by atoms with E-state index in [0.717, 1.165) is 26.6 Å². The first kappa shape index (κ1) is 21.9. The highest BCUT2D eigenvalue weighted by molar-refractivity contribution is 6.30. The SMILES string of the molecule is Clc1ccc(C2ON2c2ccccc2)cc1.[O-]/[N+](=C\c1ccc(Cl)cc1)c1ccccc1. The van der Waals surface area contributed by atoms with Gasteiger partial charge in [0, 0.05) is 33.3 Å². The minimum atomic E-state index is 0.0275. The van der Waals surface area contributed by atoms with Gasteiger partial charge in [-0.2, -0.15) is 4.74 Å². The van der Waals surface area contributed by atoms with Gasteiger partial charge in [0.05, 0.1) is 5.69 Å². The topological polar surface area (TPSA) is 41.6 Å². The summed E-state index contributed by atoms with van der Waals surface area (Å²) in [6, 6.07) is 33.9. The summed E-state index contributed by atoms with van der Waals surface area (Å²) in [5.74, 6) is 0. The third kappa shape index (κ3) is 5.89. The van der Waals surface area contributed by atoms with Crippen molar-refractivity contribution in [3.63, 3.8) is 0 Å². The number of nitrogens with zero attached hydrogens (tertiary/aromatic N) is 2. The molecule has 0 spiro atoms. The van der Waals surface area contributed by atoms with Crippen LogP contribution in [-0.4, -0.2) is 11.0 Å². The average molecular weight is 463 g/mol. The van der Waals surface area contributed by atoms with Crippen molar-refractivity contribution >= 4 is 40.8 Å². The Morgan fingerprint density at radius 2 is 1.25 bits per heavy atom. The number of benzene rings is 4. The maximum Gasteiger partial charge on any atom is 0.216 e. The van der Waals surface area contributed by atoms with Crippen LogP contribution in [0.15, 0.2) is 109 Å². The molecule has 0 radical (unpaired) electrons. The van der Waals surface area contributed by atoms with Crippen molar-refractivity contribution in [2.24, 2.45) is 0 Å². The predicted octanol–water partition coefficient (Wildman–Crippen LogP) is 7.39. The number of anilines is 1. The van der Waals surface area contributed by atoms with E-state index in [4.69, 9.17) is 28.0 Å². The van der Waals surface area contributed by atoms with E-state index in [2.05, 4.69) is 0 Å². The van der Waals surface area contributed by atoms with E-state index in [1.165, 1.54) is 6.21 Å². The van der Waals surface area contributed by atoms with E-state index < -0.39 is 0 Å². The molecule has 5 rings (SSSR count). The predicted molar refractivity (Wildman–Crippen MR) is 131 cm³/mol. The smallest absolute Gasteiger partial charge is 0.216 e. The zero-order valence-electron chi connectivity index (χ0n) is 17.0. The lowest BCUT2D eigenvalue weighted by Crippen LogP contribution is -1.98. The van der Waals surface area contributed by atoms with Gasteiger partial charge in [-0.15, -0.1) is 0 Å². The van der Waals surface area contributed by atoms with Gasteiger partial charge >= 0.3 is 0 Å². The summed E-state index contributed by atoms with van der Waals surface area (Å²) in [6.45, 7) is 0. The van der Waals surface area contributed by atoms with Crippen molar-refractivity contribution in [3.05, 3.63) is 136 Å². The second kappa shape index (κ2) is 10.3. The summed E-state index contributed by atoms with van der Waals surface area (Å²) in [4.78, 5) is 5.52. The van der Waals surface area contributed by atoms with Crippen molar-refractivity contribution in [1.82, 2.24) is 0 Å². The lowest BCUT2D eigenvalue weighted by atomic mass is 10.2. The molecule has 4 aromatic carbocycles. The third-order valence-corrected chi connectivity index (χ3v) is 5.20. The van der Waals surface area contributed by atoms with Crippen LogP contribution in [0, 0.1) is 5.21 Å². The zero-order valence-corrected chi connectivity index (χ0v) is 18.5. The number of hydrogen-bond acceptors (Lipinski definition) is 3. The molecule has 1 aliphatic heterocycles. The highest BCUT2D eigenvalue weighted by Crippen LogP contribution is 2.41. The monoisotopic (exact) mass is 462 g/mol. The Bertz CT molecular complexity index is 1170. The molecule has 32 heavy (non-hydrogen) atoms. The largest absolute Gasteiger partial charge is 0.618 e. The van der Waals surface area contributed by atoms with Crippen LogP contribution < -0.4 is 5.06 Å². The summed E-state index contributed by atoms with van der Waals surface area (Å²) in [5, 5.41) is 15.0. The Kier molecular flexibility index (Phi) is 7.07. The van der Waals surface area contributed by atoms with Crippen molar-refractivity contribution in [3.8, 4) is 0 Å². The van der Waals surface area contributed by atoms with Gasteiger partial charge in [0.1, 0.15) is 0 Å². The zero-order chi connectivity index (χ0) is 22.3. The molecule has 0 bridgehead atoms. The first-order valence-electron chi connectivity index (χ1n) is 9.98. The summed E-state index contributed by atoms with van der Waals surface area (Å²) in [7, 11) is 0. The lowest BCUT2D eigenvalue weighted by molar-refractivity contribution is -0.354. The number of para-hydroxylation sites is 2. The Balaban J connectivity index is 0.000000153. The lowest BCUT2D eigenvalue weighted by Gasteiger charge is -2.02. The van der Waals surface area contributed by atoms with Crippen LogP contribution in [0.5, 0.6) is 0 Å². The summed E-state index contributed by atoms with van der Waals surface area (Å²) < 4.78 is 0.837. The van der Waals surface area contributed by atoms with Gasteiger partial charge in [-0.1, -0.05) is 71.7 Å². The second-order valence-electron chi connectivity index (χ2n) is 7.01. The highest BCUT2D eigenvalue weighted by Gasteiger charge is 2.38. The molecule has 0 aliphatic carbocycles. The minimum Gasteiger partial charge on any atom is -0.618 e. The Labute approximate surface area is 197 Å². The molecule has 0 N–H and O–H groups in total. The van der Waals surface area contributed by atoms with Crippen LogP contribution in [0.3, 0.4) is 0 Å². The first-order valence-corrected chi connectivity index (χ1v) is 10.7. The van der Waals surface area contributed by atoms with Gasteiger partial charge in [0.2, 0.25) is 11.9 Å². The van der Waals surface area contributed by atoms with E-state index in [-0.39, 0.29) is 6.23 Å². The molecule has 1 heterocycles. The van der Waals surface area contributed by atoms with Crippen molar-refractivity contribution in [2.75, 3.05) is 5.06 Å². The molecule has 1 aliphatic rings. The molecule has 6 heteroatoms. The van der Waals surface area contributed by atoms with Gasteiger partial charge in [-0.3, -0.25) is 0 Å². The van der Waals surface area contributed by atoms with Crippen LogP contribution in [-0.2, 0) is 4.84 Å². The fourth-order valence-electron chi connectivity index (χ4n) is 3.01. The van der Waals surface area contributed by atoms with E-state index in [0.29, 0.717) is 10.7 Å². The van der Waals surface area contributed by atoms with Crippen LogP contribution in [0.4, 0.5) is 11.4 Å². The molecule has 1 saturated heterocycles. The van der Waals surface area contributed by atoms with E-state index in [9.17, 15) is 5.21 Å². The number of halogens is 2. The Morgan fingerprint density at radius 1 is 0.719 bits per heavy atom. The Hall–Kier alpha value is -3.31. The van der Waals surface area contributed by atoms with Gasteiger partial charge in [-0.25, -0.2) is 9.90 Å². The summed E-state index contributed by atoms with van der Waals surface area (Å²) in [5.41, 5.74) is 3.62. The molecule has 4 nitrogen and oxygen atoms in total. The quantitative estimate of drug-likeness (QED) is 0.104. The number of hydrogen-bond donors (Lipinski definition) is 0. The number of rotatable bonds is 4. The first-order chi connectivity index (χ1) is 15.6. The molecule has 0 amide bonds. The highest BCUT2D eigenvalue weighted by atomic mass is 35.5. The second-order valence-corrected chi connectivity index (χ2v) is 7.89. The van der Waals surface area contributed by atoms with Crippen LogP contribution in [0.25, 0.3) is 0 Å². The van der Waals surface area contributed by atoms with Gasteiger partial charge in [0.15, 0.2) is 6.21 Å². The van der Waals surface area contributed by atoms with E-state index in [1.807, 2.05) is 77.9 Å². The molecular formula is C26H20Cl2N2O2. The molecule has 1 atom stereocenters. The maximum absolute atomic E-state index is 11.7. The van der Waals surface area contributed by atoms with Gasteiger partial charge in [0.25, 0.3) is 0 Å². The maximum atomic E-state index is 11.7. The molecule has 0 saturated carbocycles. The standard InChI is InChI=1S/2C13H10ClNO/c14-11-8-6-10(7-9-11)13-15(16-13)12-4-2-1-3-5-12;14-12-8-6-11(7-9-12)10-15(16)13-4-2-1-3-5-13/h1-9,13H;1-10H/b;15-10-. The normalized spacial score (nSPS) is 15.0. The van der Waals surface area contributed by atoms with Crippen molar-refractivity contribution in [2.45, 2.75) is 6.23 Å². The summed E-state index contributed by atoms with van der Waals surface area (Å²) >= 11 is 11.6. The van der Waals surface area contributed by atoms with Gasteiger partial charge in [-0.05, 0) is 48.5 Å². The van der Waals surface area contributed by atoms with Crippen molar-refractivity contribution in [1.29, 1.82) is 0 Å². The molecule has 0 aromatic heterocycles. The summed E-state index contributed by atoms with van der Waals surface area (Å²) in [6.07, 6.45) is 1.55.